The van der Waals surface area contributed by atoms with Gasteiger partial charge in [0.2, 0.25) is 0 Å². The van der Waals surface area contributed by atoms with Crippen LogP contribution in [0.3, 0.4) is 0 Å². The van der Waals surface area contributed by atoms with Gasteiger partial charge in [-0.1, -0.05) is 19.1 Å². The van der Waals surface area contributed by atoms with Crippen LogP contribution < -0.4 is 5.56 Å². The van der Waals surface area contributed by atoms with E-state index < -0.39 is 0 Å². The van der Waals surface area contributed by atoms with Gasteiger partial charge in [0, 0.05) is 6.54 Å². The number of rotatable bonds is 3. The van der Waals surface area contributed by atoms with Gasteiger partial charge in [0.1, 0.15) is 11.6 Å². The van der Waals surface area contributed by atoms with Crippen LogP contribution in [0.1, 0.15) is 36.5 Å². The van der Waals surface area contributed by atoms with Gasteiger partial charge in [0.25, 0.3) is 5.56 Å². The average molecular weight is 278 g/mol. The largest absolute Gasteiger partial charge is 0.307 e. The van der Waals surface area contributed by atoms with Crippen LogP contribution in [-0.4, -0.2) is 4.57 Å². The predicted molar refractivity (Wildman–Crippen MR) is 83.2 cm³/mol. The molecule has 0 bridgehead atoms. The first kappa shape index (κ1) is 13.6. The van der Waals surface area contributed by atoms with Crippen LogP contribution in [0.15, 0.2) is 35.1 Å². The number of pyridine rings is 1. The molecule has 1 aliphatic rings. The number of aromatic nitrogens is 1. The van der Waals surface area contributed by atoms with E-state index in [1.165, 1.54) is 17.5 Å². The molecule has 0 spiro atoms. The fraction of sp³-hybridized carbons (Fsp3) is 0.333. The summed E-state index contributed by atoms with van der Waals surface area (Å²) in [7, 11) is 0. The van der Waals surface area contributed by atoms with Gasteiger partial charge in [0.15, 0.2) is 0 Å². The van der Waals surface area contributed by atoms with E-state index in [4.69, 9.17) is 5.26 Å². The molecular formula is C18H18N2O. The van der Waals surface area contributed by atoms with E-state index in [0.29, 0.717) is 6.54 Å². The smallest absolute Gasteiger partial charge is 0.268 e. The Morgan fingerprint density at radius 3 is 2.76 bits per heavy atom. The van der Waals surface area contributed by atoms with Gasteiger partial charge in [-0.3, -0.25) is 4.79 Å². The Balaban J connectivity index is 2.16. The number of nitrogens with zero attached hydrogens (tertiary/aromatic N) is 2. The Morgan fingerprint density at radius 1 is 1.19 bits per heavy atom. The van der Waals surface area contributed by atoms with Crippen molar-refractivity contribution in [1.29, 1.82) is 5.26 Å². The first-order chi connectivity index (χ1) is 10.2. The summed E-state index contributed by atoms with van der Waals surface area (Å²) < 4.78 is 1.73. The lowest BCUT2D eigenvalue weighted by atomic mass is 10.0. The summed E-state index contributed by atoms with van der Waals surface area (Å²) in [6.07, 6.45) is 4.36. The van der Waals surface area contributed by atoms with Crippen molar-refractivity contribution in [3.8, 4) is 17.3 Å². The monoisotopic (exact) mass is 278 g/mol. The van der Waals surface area contributed by atoms with Crippen molar-refractivity contribution < 1.29 is 0 Å². The highest BCUT2D eigenvalue weighted by atomic mass is 16.1. The zero-order valence-corrected chi connectivity index (χ0v) is 12.2. The molecule has 0 amide bonds. The normalized spacial score (nSPS) is 13.0. The summed E-state index contributed by atoms with van der Waals surface area (Å²) in [6, 6.07) is 12.0. The third kappa shape index (κ3) is 2.38. The zero-order chi connectivity index (χ0) is 14.8. The number of hydrogen-bond acceptors (Lipinski definition) is 2. The summed E-state index contributed by atoms with van der Waals surface area (Å²) in [5.74, 6) is 0. The van der Waals surface area contributed by atoms with Gasteiger partial charge in [-0.25, -0.2) is 0 Å². The highest BCUT2D eigenvalue weighted by Gasteiger charge is 2.14. The highest BCUT2D eigenvalue weighted by Crippen LogP contribution is 2.27. The summed E-state index contributed by atoms with van der Waals surface area (Å²) >= 11 is 0. The van der Waals surface area contributed by atoms with E-state index >= 15 is 0 Å². The molecule has 106 valence electrons. The topological polar surface area (TPSA) is 45.8 Å². The van der Waals surface area contributed by atoms with Gasteiger partial charge >= 0.3 is 0 Å². The minimum Gasteiger partial charge on any atom is -0.307 e. The average Bonchev–Trinajstić information content (AvgIpc) is 2.97. The second-order valence-electron chi connectivity index (χ2n) is 5.54. The second kappa shape index (κ2) is 5.57. The Hall–Kier alpha value is -2.34. The molecule has 3 rings (SSSR count). The molecule has 2 aromatic rings. The van der Waals surface area contributed by atoms with Crippen molar-refractivity contribution in [2.24, 2.45) is 0 Å². The van der Waals surface area contributed by atoms with Gasteiger partial charge < -0.3 is 4.57 Å². The number of aryl methyl sites for hydroxylation is 2. The van der Waals surface area contributed by atoms with Crippen LogP contribution in [-0.2, 0) is 19.4 Å². The van der Waals surface area contributed by atoms with Gasteiger partial charge in [-0.05, 0) is 60.6 Å². The first-order valence-electron chi connectivity index (χ1n) is 7.50. The minimum atomic E-state index is -0.183. The molecule has 1 aromatic carbocycles. The van der Waals surface area contributed by atoms with Crippen molar-refractivity contribution >= 4 is 0 Å². The van der Waals surface area contributed by atoms with Crippen LogP contribution in [0.25, 0.3) is 11.3 Å². The molecule has 0 fully saturated rings. The summed E-state index contributed by atoms with van der Waals surface area (Å²) in [5, 5.41) is 9.04. The molecule has 0 radical (unpaired) electrons. The molecule has 0 saturated carbocycles. The molecule has 1 aliphatic carbocycles. The third-order valence-corrected chi connectivity index (χ3v) is 4.14. The maximum absolute atomic E-state index is 12.4. The fourth-order valence-electron chi connectivity index (χ4n) is 3.09. The van der Waals surface area contributed by atoms with Crippen molar-refractivity contribution in [3.63, 3.8) is 0 Å². The van der Waals surface area contributed by atoms with Crippen LogP contribution in [0.2, 0.25) is 0 Å². The Labute approximate surface area is 124 Å². The van der Waals surface area contributed by atoms with Crippen molar-refractivity contribution in [1.82, 2.24) is 4.57 Å². The van der Waals surface area contributed by atoms with Gasteiger partial charge in [0.05, 0.1) is 5.69 Å². The second-order valence-corrected chi connectivity index (χ2v) is 5.54. The minimum absolute atomic E-state index is 0.183. The summed E-state index contributed by atoms with van der Waals surface area (Å²) in [4.78, 5) is 12.4. The highest BCUT2D eigenvalue weighted by molar-refractivity contribution is 5.63. The van der Waals surface area contributed by atoms with Crippen LogP contribution >= 0.6 is 0 Å². The van der Waals surface area contributed by atoms with Gasteiger partial charge in [-0.2, -0.15) is 5.26 Å². The molecule has 0 atom stereocenters. The third-order valence-electron chi connectivity index (χ3n) is 4.14. The molecule has 1 aromatic heterocycles. The first-order valence-corrected chi connectivity index (χ1v) is 7.50. The van der Waals surface area contributed by atoms with Crippen molar-refractivity contribution in [2.45, 2.75) is 39.2 Å². The molecule has 3 heteroatoms. The van der Waals surface area contributed by atoms with Crippen LogP contribution in [0, 0.1) is 11.3 Å². The Morgan fingerprint density at radius 2 is 2.00 bits per heavy atom. The molecular weight excluding hydrogens is 260 g/mol. The summed E-state index contributed by atoms with van der Waals surface area (Å²) in [6.45, 7) is 2.68. The predicted octanol–water partition coefficient (Wildman–Crippen LogP) is 3.29. The lowest BCUT2D eigenvalue weighted by Crippen LogP contribution is -2.23. The van der Waals surface area contributed by atoms with Crippen molar-refractivity contribution in [2.75, 3.05) is 0 Å². The Bertz CT molecular complexity index is 781. The fourth-order valence-corrected chi connectivity index (χ4v) is 3.09. The standard InChI is InChI=1S/C18H18N2O/c1-2-10-20-17(9-8-16(12-19)18(20)21)15-7-6-13-4-3-5-14(13)11-15/h6-9,11H,2-5,10H2,1H3. The SMILES string of the molecule is CCCn1c(-c2ccc3c(c2)CCC3)ccc(C#N)c1=O. The number of benzene rings is 1. The maximum Gasteiger partial charge on any atom is 0.268 e. The van der Waals surface area contributed by atoms with Crippen molar-refractivity contribution in [3.05, 3.63) is 57.4 Å². The van der Waals surface area contributed by atoms with E-state index in [1.807, 2.05) is 19.1 Å². The number of hydrogen-bond donors (Lipinski definition) is 0. The molecule has 3 nitrogen and oxygen atoms in total. The molecule has 21 heavy (non-hydrogen) atoms. The molecule has 0 unspecified atom stereocenters. The number of fused-ring (bicyclic) bond motifs is 1. The van der Waals surface area contributed by atoms with E-state index in [2.05, 4.69) is 18.2 Å². The zero-order valence-electron chi connectivity index (χ0n) is 12.2. The Kier molecular flexibility index (Phi) is 3.62. The van der Waals surface area contributed by atoms with E-state index in [-0.39, 0.29) is 11.1 Å². The number of nitriles is 1. The molecule has 0 saturated heterocycles. The molecule has 0 N–H and O–H groups in total. The van der Waals surface area contributed by atoms with Crippen LogP contribution in [0.5, 0.6) is 0 Å². The maximum atomic E-state index is 12.4. The van der Waals surface area contributed by atoms with E-state index in [9.17, 15) is 4.79 Å². The molecule has 1 heterocycles. The lowest BCUT2D eigenvalue weighted by Gasteiger charge is -2.13. The molecule has 0 aliphatic heterocycles. The van der Waals surface area contributed by atoms with E-state index in [0.717, 1.165) is 30.5 Å². The summed E-state index contributed by atoms with van der Waals surface area (Å²) in [5.41, 5.74) is 4.84. The lowest BCUT2D eigenvalue weighted by molar-refractivity contribution is 0.659. The quantitative estimate of drug-likeness (QED) is 0.865. The van der Waals surface area contributed by atoms with Crippen LogP contribution in [0.4, 0.5) is 0 Å². The van der Waals surface area contributed by atoms with Gasteiger partial charge in [-0.15, -0.1) is 0 Å². The van der Waals surface area contributed by atoms with E-state index in [1.54, 1.807) is 10.6 Å².